The Bertz CT molecular complexity index is 430. The van der Waals surface area contributed by atoms with Gasteiger partial charge in [0.05, 0.1) is 4.92 Å². The van der Waals surface area contributed by atoms with Crippen molar-refractivity contribution in [3.05, 3.63) is 33.9 Å². The van der Waals surface area contributed by atoms with Crippen molar-refractivity contribution in [1.29, 1.82) is 0 Å². The van der Waals surface area contributed by atoms with Crippen LogP contribution in [0.1, 0.15) is 25.3 Å². The second-order valence-electron chi connectivity index (χ2n) is 4.22. The lowest BCUT2D eigenvalue weighted by Gasteiger charge is -2.30. The number of hydrogen-bond acceptors (Lipinski definition) is 3. The molecule has 4 nitrogen and oxygen atoms in total. The number of nitro benzene ring substituents is 1. The molecular formula is C12H14ClNO3. The molecule has 2 rings (SSSR count). The summed E-state index contributed by atoms with van der Waals surface area (Å²) in [4.78, 5) is 10.5. The monoisotopic (exact) mass is 255 g/mol. The molecule has 1 aromatic carbocycles. The van der Waals surface area contributed by atoms with E-state index in [0.717, 1.165) is 24.8 Å². The molecule has 0 heterocycles. The Morgan fingerprint density at radius 1 is 1.53 bits per heavy atom. The number of aryl methyl sites for hydroxylation is 1. The second-order valence-corrected chi connectivity index (χ2v) is 4.84. The van der Waals surface area contributed by atoms with E-state index in [1.165, 1.54) is 0 Å². The van der Waals surface area contributed by atoms with Crippen LogP contribution in [0.15, 0.2) is 18.2 Å². The van der Waals surface area contributed by atoms with Gasteiger partial charge in [-0.05, 0) is 18.1 Å². The van der Waals surface area contributed by atoms with Crippen LogP contribution in [0, 0.1) is 10.1 Å². The molecule has 1 aliphatic rings. The molecule has 92 valence electrons. The van der Waals surface area contributed by atoms with Crippen LogP contribution in [0.2, 0.25) is 0 Å². The van der Waals surface area contributed by atoms with Gasteiger partial charge in [-0.25, -0.2) is 0 Å². The Morgan fingerprint density at radius 3 is 2.76 bits per heavy atom. The van der Waals surface area contributed by atoms with Crippen LogP contribution < -0.4 is 4.74 Å². The summed E-state index contributed by atoms with van der Waals surface area (Å²) in [5.41, 5.74) is 0.982. The number of halogens is 1. The van der Waals surface area contributed by atoms with Crippen LogP contribution in [0.5, 0.6) is 5.75 Å². The molecule has 1 saturated carbocycles. The zero-order valence-electron chi connectivity index (χ0n) is 9.56. The van der Waals surface area contributed by atoms with Crippen LogP contribution in [-0.2, 0) is 6.42 Å². The highest BCUT2D eigenvalue weighted by atomic mass is 35.5. The molecule has 0 bridgehead atoms. The Hall–Kier alpha value is -1.29. The number of ether oxygens (including phenoxy) is 1. The van der Waals surface area contributed by atoms with E-state index in [9.17, 15) is 10.1 Å². The molecule has 0 saturated heterocycles. The summed E-state index contributed by atoms with van der Waals surface area (Å²) in [5.74, 6) is 0.348. The first-order chi connectivity index (χ1) is 8.10. The smallest absolute Gasteiger partial charge is 0.311 e. The highest BCUT2D eigenvalue weighted by Gasteiger charge is 2.30. The molecule has 17 heavy (non-hydrogen) atoms. The third-order valence-corrected chi connectivity index (χ3v) is 3.32. The van der Waals surface area contributed by atoms with Gasteiger partial charge in [0.25, 0.3) is 0 Å². The minimum atomic E-state index is -0.397. The van der Waals surface area contributed by atoms with Crippen molar-refractivity contribution < 1.29 is 9.66 Å². The van der Waals surface area contributed by atoms with Gasteiger partial charge in [0, 0.05) is 24.3 Å². The molecular weight excluding hydrogens is 242 g/mol. The fourth-order valence-electron chi connectivity index (χ4n) is 1.80. The minimum absolute atomic E-state index is 0.0173. The van der Waals surface area contributed by atoms with Gasteiger partial charge in [0.1, 0.15) is 6.10 Å². The SMILES string of the molecule is CCc1ccc(OC2CC(Cl)C2)c([N+](=O)[O-])c1. The first-order valence-corrected chi connectivity index (χ1v) is 6.11. The highest BCUT2D eigenvalue weighted by molar-refractivity contribution is 6.21. The number of rotatable bonds is 4. The molecule has 0 amide bonds. The summed E-state index contributed by atoms with van der Waals surface area (Å²) in [6, 6.07) is 5.11. The standard InChI is InChI=1S/C12H14ClNO3/c1-2-8-3-4-12(11(5-8)14(15)16)17-10-6-9(13)7-10/h3-5,9-10H,2,6-7H2,1H3. The van der Waals surface area contributed by atoms with E-state index in [1.54, 1.807) is 12.1 Å². The van der Waals surface area contributed by atoms with Gasteiger partial charge in [-0.2, -0.15) is 0 Å². The predicted molar refractivity (Wildman–Crippen MR) is 65.8 cm³/mol. The number of nitrogens with zero attached hydrogens (tertiary/aromatic N) is 1. The average molecular weight is 256 g/mol. The third kappa shape index (κ3) is 2.69. The lowest BCUT2D eigenvalue weighted by molar-refractivity contribution is -0.386. The highest BCUT2D eigenvalue weighted by Crippen LogP contribution is 2.34. The largest absolute Gasteiger partial charge is 0.483 e. The zero-order chi connectivity index (χ0) is 12.4. The number of nitro groups is 1. The molecule has 0 atom stereocenters. The van der Waals surface area contributed by atoms with Crippen LogP contribution in [0.3, 0.4) is 0 Å². The Labute approximate surface area is 105 Å². The van der Waals surface area contributed by atoms with E-state index >= 15 is 0 Å². The molecule has 1 aliphatic carbocycles. The predicted octanol–water partition coefficient (Wildman–Crippen LogP) is 3.31. The van der Waals surface area contributed by atoms with Crippen molar-refractivity contribution >= 4 is 17.3 Å². The van der Waals surface area contributed by atoms with Crippen LogP contribution in [0.4, 0.5) is 5.69 Å². The van der Waals surface area contributed by atoms with Crippen LogP contribution in [0.25, 0.3) is 0 Å². The number of benzene rings is 1. The molecule has 0 unspecified atom stereocenters. The van der Waals surface area contributed by atoms with E-state index in [0.29, 0.717) is 5.75 Å². The zero-order valence-corrected chi connectivity index (χ0v) is 10.3. The lowest BCUT2D eigenvalue weighted by Crippen LogP contribution is -2.34. The second kappa shape index (κ2) is 4.92. The topological polar surface area (TPSA) is 52.4 Å². The Morgan fingerprint density at radius 2 is 2.24 bits per heavy atom. The molecule has 0 aliphatic heterocycles. The van der Waals surface area contributed by atoms with Gasteiger partial charge < -0.3 is 4.74 Å². The van der Waals surface area contributed by atoms with Gasteiger partial charge in [-0.3, -0.25) is 10.1 Å². The van der Waals surface area contributed by atoms with Crippen molar-refractivity contribution in [2.45, 2.75) is 37.7 Å². The van der Waals surface area contributed by atoms with E-state index in [1.807, 2.05) is 13.0 Å². The molecule has 0 spiro atoms. The van der Waals surface area contributed by atoms with E-state index in [4.69, 9.17) is 16.3 Å². The summed E-state index contributed by atoms with van der Waals surface area (Å²) in [7, 11) is 0. The van der Waals surface area contributed by atoms with E-state index in [-0.39, 0.29) is 17.2 Å². The molecule has 1 fully saturated rings. The molecule has 1 aromatic rings. The Kier molecular flexibility index (Phi) is 3.52. The summed E-state index contributed by atoms with van der Waals surface area (Å²) >= 11 is 5.85. The van der Waals surface area contributed by atoms with Gasteiger partial charge in [0.15, 0.2) is 5.75 Å². The average Bonchev–Trinajstić information content (AvgIpc) is 2.27. The summed E-state index contributed by atoms with van der Waals surface area (Å²) in [6.45, 7) is 1.96. The molecule has 0 aromatic heterocycles. The maximum Gasteiger partial charge on any atom is 0.311 e. The van der Waals surface area contributed by atoms with Crippen molar-refractivity contribution in [3.8, 4) is 5.75 Å². The first-order valence-electron chi connectivity index (χ1n) is 5.68. The van der Waals surface area contributed by atoms with E-state index in [2.05, 4.69) is 0 Å². The first kappa shape index (κ1) is 12.2. The lowest BCUT2D eigenvalue weighted by atomic mass is 9.95. The summed E-state index contributed by atoms with van der Waals surface area (Å²) in [6.07, 6.45) is 2.31. The summed E-state index contributed by atoms with van der Waals surface area (Å²) < 4.78 is 5.59. The van der Waals surface area contributed by atoms with Gasteiger partial charge in [0.2, 0.25) is 0 Å². The maximum absolute atomic E-state index is 10.9. The van der Waals surface area contributed by atoms with Gasteiger partial charge in [-0.15, -0.1) is 11.6 Å². The Balaban J connectivity index is 2.17. The maximum atomic E-state index is 10.9. The van der Waals surface area contributed by atoms with Crippen molar-refractivity contribution in [2.75, 3.05) is 0 Å². The molecule has 5 heteroatoms. The third-order valence-electron chi connectivity index (χ3n) is 2.96. The van der Waals surface area contributed by atoms with Crippen LogP contribution >= 0.6 is 11.6 Å². The summed E-state index contributed by atoms with van der Waals surface area (Å²) in [5, 5.41) is 11.1. The minimum Gasteiger partial charge on any atom is -0.483 e. The van der Waals surface area contributed by atoms with Crippen molar-refractivity contribution in [1.82, 2.24) is 0 Å². The fraction of sp³-hybridized carbons (Fsp3) is 0.500. The quantitative estimate of drug-likeness (QED) is 0.471. The van der Waals surface area contributed by atoms with Crippen molar-refractivity contribution in [3.63, 3.8) is 0 Å². The van der Waals surface area contributed by atoms with Gasteiger partial charge >= 0.3 is 5.69 Å². The number of hydrogen-bond donors (Lipinski definition) is 0. The van der Waals surface area contributed by atoms with Crippen LogP contribution in [-0.4, -0.2) is 16.4 Å². The van der Waals surface area contributed by atoms with Crippen molar-refractivity contribution in [2.24, 2.45) is 0 Å². The molecule has 0 radical (unpaired) electrons. The molecule has 0 N–H and O–H groups in total. The number of alkyl halides is 1. The van der Waals surface area contributed by atoms with Gasteiger partial charge in [-0.1, -0.05) is 13.0 Å². The normalized spacial score (nSPS) is 22.9. The fourth-order valence-corrected chi connectivity index (χ4v) is 2.20. The van der Waals surface area contributed by atoms with E-state index < -0.39 is 4.92 Å².